The number of carbonyl (C=O) groups is 2. The first-order valence-electron chi connectivity index (χ1n) is 9.28. The van der Waals surface area contributed by atoms with Crippen molar-refractivity contribution in [2.24, 2.45) is 0 Å². The highest BCUT2D eigenvalue weighted by atomic mass is 32.2. The molecule has 0 aliphatic carbocycles. The van der Waals surface area contributed by atoms with Crippen LogP contribution in [0.3, 0.4) is 0 Å². The van der Waals surface area contributed by atoms with Crippen LogP contribution in [-0.2, 0) is 11.3 Å². The lowest BCUT2D eigenvalue weighted by atomic mass is 10.1. The highest BCUT2D eigenvalue weighted by Gasteiger charge is 2.24. The van der Waals surface area contributed by atoms with Gasteiger partial charge in [-0.3, -0.25) is 9.59 Å². The van der Waals surface area contributed by atoms with Gasteiger partial charge in [0.05, 0.1) is 0 Å². The van der Waals surface area contributed by atoms with E-state index in [9.17, 15) is 9.59 Å². The van der Waals surface area contributed by atoms with Crippen molar-refractivity contribution in [2.75, 3.05) is 38.1 Å². The molecule has 28 heavy (non-hydrogen) atoms. The fraction of sp³-hybridized carbons (Fsp3) is 0.364. The van der Waals surface area contributed by atoms with E-state index in [1.807, 2.05) is 67.7 Å². The molecule has 0 bridgehead atoms. The van der Waals surface area contributed by atoms with Gasteiger partial charge in [-0.05, 0) is 48.3 Å². The van der Waals surface area contributed by atoms with E-state index in [0.29, 0.717) is 18.5 Å². The van der Waals surface area contributed by atoms with Gasteiger partial charge in [-0.25, -0.2) is 0 Å². The monoisotopic (exact) mass is 399 g/mol. The topological polar surface area (TPSA) is 52.7 Å². The molecule has 5 nitrogen and oxygen atoms in total. The second kappa shape index (κ2) is 10.8. The number of nitrogens with one attached hydrogen (secondary N) is 1. The van der Waals surface area contributed by atoms with E-state index in [-0.39, 0.29) is 11.8 Å². The van der Waals surface area contributed by atoms with Crippen LogP contribution in [0.2, 0.25) is 0 Å². The maximum Gasteiger partial charge on any atom is 0.251 e. The maximum atomic E-state index is 13.0. The fourth-order valence-electron chi connectivity index (χ4n) is 2.84. The van der Waals surface area contributed by atoms with Crippen molar-refractivity contribution in [3.05, 3.63) is 65.7 Å². The SMILES string of the molecule is CSCCC(NC(=O)c1ccccc1)C(=O)N(C)Cc1ccc(N(C)C)cc1. The number of hydrogen-bond donors (Lipinski definition) is 1. The predicted molar refractivity (Wildman–Crippen MR) is 118 cm³/mol. The van der Waals surface area contributed by atoms with Crippen molar-refractivity contribution >= 4 is 29.3 Å². The number of amides is 2. The molecule has 1 N–H and O–H groups in total. The van der Waals surface area contributed by atoms with Gasteiger partial charge in [0.2, 0.25) is 5.91 Å². The molecular weight excluding hydrogens is 370 g/mol. The van der Waals surface area contributed by atoms with E-state index in [2.05, 4.69) is 5.32 Å². The van der Waals surface area contributed by atoms with E-state index >= 15 is 0 Å². The molecule has 0 saturated carbocycles. The van der Waals surface area contributed by atoms with E-state index in [1.54, 1.807) is 35.8 Å². The Morgan fingerprint density at radius 2 is 1.64 bits per heavy atom. The highest BCUT2D eigenvalue weighted by Crippen LogP contribution is 2.14. The third-order valence-electron chi connectivity index (χ3n) is 4.50. The standard InChI is InChI=1S/C22H29N3O2S/c1-24(2)19-12-10-17(11-13-19)16-25(3)22(27)20(14-15-28-4)23-21(26)18-8-6-5-7-9-18/h5-13,20H,14-16H2,1-4H3,(H,23,26). The van der Waals surface area contributed by atoms with Gasteiger partial charge in [0, 0.05) is 38.9 Å². The van der Waals surface area contributed by atoms with Crippen molar-refractivity contribution in [3.8, 4) is 0 Å². The first-order chi connectivity index (χ1) is 13.4. The molecule has 2 aromatic rings. The summed E-state index contributed by atoms with van der Waals surface area (Å²) >= 11 is 1.66. The molecular formula is C22H29N3O2S. The number of anilines is 1. The van der Waals surface area contributed by atoms with Crippen LogP contribution in [0.25, 0.3) is 0 Å². The molecule has 2 amide bonds. The lowest BCUT2D eigenvalue weighted by Gasteiger charge is -2.25. The zero-order valence-corrected chi connectivity index (χ0v) is 17.8. The lowest BCUT2D eigenvalue weighted by molar-refractivity contribution is -0.132. The quantitative estimate of drug-likeness (QED) is 0.703. The summed E-state index contributed by atoms with van der Waals surface area (Å²) in [5, 5.41) is 2.91. The molecule has 1 unspecified atom stereocenters. The second-order valence-electron chi connectivity index (χ2n) is 6.93. The van der Waals surface area contributed by atoms with E-state index in [0.717, 1.165) is 17.0 Å². The summed E-state index contributed by atoms with van der Waals surface area (Å²) < 4.78 is 0. The molecule has 6 heteroatoms. The van der Waals surface area contributed by atoms with Gasteiger partial charge in [0.25, 0.3) is 5.91 Å². The maximum absolute atomic E-state index is 13.0. The minimum Gasteiger partial charge on any atom is -0.378 e. The molecule has 2 rings (SSSR count). The van der Waals surface area contributed by atoms with Gasteiger partial charge in [-0.15, -0.1) is 0 Å². The van der Waals surface area contributed by atoms with Crippen LogP contribution in [0.1, 0.15) is 22.3 Å². The number of nitrogens with zero attached hydrogens (tertiary/aromatic N) is 2. The first-order valence-corrected chi connectivity index (χ1v) is 10.7. The van der Waals surface area contributed by atoms with Gasteiger partial charge in [-0.1, -0.05) is 30.3 Å². The summed E-state index contributed by atoms with van der Waals surface area (Å²) in [7, 11) is 5.77. The molecule has 0 aliphatic heterocycles. The Kier molecular flexibility index (Phi) is 8.39. The third-order valence-corrected chi connectivity index (χ3v) is 5.14. The molecule has 0 fully saturated rings. The Morgan fingerprint density at radius 3 is 2.21 bits per heavy atom. The molecule has 1 atom stereocenters. The van der Waals surface area contributed by atoms with Crippen molar-refractivity contribution in [2.45, 2.75) is 19.0 Å². The van der Waals surface area contributed by atoms with Gasteiger partial charge in [-0.2, -0.15) is 11.8 Å². The number of rotatable bonds is 9. The summed E-state index contributed by atoms with van der Waals surface area (Å²) in [6.45, 7) is 0.503. The van der Waals surface area contributed by atoms with Crippen molar-refractivity contribution in [1.82, 2.24) is 10.2 Å². The average Bonchev–Trinajstić information content (AvgIpc) is 2.71. The molecule has 0 radical (unpaired) electrons. The number of benzene rings is 2. The summed E-state index contributed by atoms with van der Waals surface area (Å²) in [5.41, 5.74) is 2.73. The van der Waals surface area contributed by atoms with Crippen LogP contribution in [0.15, 0.2) is 54.6 Å². The van der Waals surface area contributed by atoms with Crippen LogP contribution in [0, 0.1) is 0 Å². The number of thioether (sulfide) groups is 1. The van der Waals surface area contributed by atoms with Gasteiger partial charge in [0.1, 0.15) is 6.04 Å². The molecule has 0 aromatic heterocycles. The van der Waals surface area contributed by atoms with E-state index in [1.165, 1.54) is 0 Å². The summed E-state index contributed by atoms with van der Waals surface area (Å²) in [4.78, 5) is 29.2. The largest absolute Gasteiger partial charge is 0.378 e. The van der Waals surface area contributed by atoms with Crippen LogP contribution < -0.4 is 10.2 Å². The number of hydrogen-bond acceptors (Lipinski definition) is 4. The second-order valence-corrected chi connectivity index (χ2v) is 7.91. The smallest absolute Gasteiger partial charge is 0.251 e. The Morgan fingerprint density at radius 1 is 1.00 bits per heavy atom. The van der Waals surface area contributed by atoms with Crippen molar-refractivity contribution in [1.29, 1.82) is 0 Å². The number of carbonyl (C=O) groups excluding carboxylic acids is 2. The normalized spacial score (nSPS) is 11.6. The van der Waals surface area contributed by atoms with Gasteiger partial charge in [0.15, 0.2) is 0 Å². The first kappa shape index (κ1) is 21.8. The molecule has 0 spiro atoms. The van der Waals surface area contributed by atoms with E-state index < -0.39 is 6.04 Å². The molecule has 150 valence electrons. The Balaban J connectivity index is 2.04. The zero-order chi connectivity index (χ0) is 20.5. The lowest BCUT2D eigenvalue weighted by Crippen LogP contribution is -2.47. The minimum atomic E-state index is -0.536. The minimum absolute atomic E-state index is 0.0741. The zero-order valence-electron chi connectivity index (χ0n) is 17.0. The molecule has 0 aliphatic rings. The summed E-state index contributed by atoms with van der Waals surface area (Å²) in [6, 6.07) is 16.6. The molecule has 0 saturated heterocycles. The Hall–Kier alpha value is -2.47. The molecule has 2 aromatic carbocycles. The van der Waals surface area contributed by atoms with Crippen LogP contribution in [0.4, 0.5) is 5.69 Å². The summed E-state index contributed by atoms with van der Waals surface area (Å²) in [5.74, 6) is 0.510. The Bertz CT molecular complexity index is 763. The summed E-state index contributed by atoms with van der Waals surface area (Å²) in [6.07, 6.45) is 2.60. The number of likely N-dealkylation sites (N-methyl/N-ethyl adjacent to an activating group) is 1. The third kappa shape index (κ3) is 6.30. The highest BCUT2D eigenvalue weighted by molar-refractivity contribution is 7.98. The van der Waals surface area contributed by atoms with Crippen LogP contribution in [0.5, 0.6) is 0 Å². The molecule has 0 heterocycles. The predicted octanol–water partition coefficient (Wildman–Crippen LogP) is 3.26. The van der Waals surface area contributed by atoms with Crippen LogP contribution in [-0.4, -0.2) is 55.9 Å². The Labute approximate surface area is 172 Å². The fourth-order valence-corrected chi connectivity index (χ4v) is 3.31. The van der Waals surface area contributed by atoms with Crippen molar-refractivity contribution in [3.63, 3.8) is 0 Å². The van der Waals surface area contributed by atoms with Gasteiger partial charge >= 0.3 is 0 Å². The average molecular weight is 400 g/mol. The van der Waals surface area contributed by atoms with Crippen molar-refractivity contribution < 1.29 is 9.59 Å². The van der Waals surface area contributed by atoms with Crippen LogP contribution >= 0.6 is 11.8 Å². The van der Waals surface area contributed by atoms with E-state index in [4.69, 9.17) is 0 Å². The van der Waals surface area contributed by atoms with Gasteiger partial charge < -0.3 is 15.1 Å².